The van der Waals surface area contributed by atoms with Crippen molar-refractivity contribution in [2.24, 2.45) is 0 Å². The number of rotatable bonds is 8. The number of ether oxygens (including phenoxy) is 3. The second-order valence-electron chi connectivity index (χ2n) is 6.78. The van der Waals surface area contributed by atoms with Gasteiger partial charge in [0.25, 0.3) is 0 Å². The van der Waals surface area contributed by atoms with Gasteiger partial charge >= 0.3 is 0 Å². The summed E-state index contributed by atoms with van der Waals surface area (Å²) >= 11 is 0. The molecule has 164 valence electrons. The quantitative estimate of drug-likeness (QED) is 0.450. The molecule has 10 nitrogen and oxygen atoms in total. The van der Waals surface area contributed by atoms with E-state index in [0.29, 0.717) is 40.0 Å². The number of aryl methyl sites for hydroxylation is 1. The Labute approximate surface area is 184 Å². The first kappa shape index (κ1) is 21.0. The fourth-order valence-electron chi connectivity index (χ4n) is 3.10. The number of methoxy groups -OCH3 is 2. The normalized spacial score (nSPS) is 10.7. The molecule has 4 aromatic rings. The van der Waals surface area contributed by atoms with Crippen LogP contribution >= 0.6 is 0 Å². The number of pyridine rings is 1. The molecule has 1 amide bonds. The van der Waals surface area contributed by atoms with E-state index in [1.807, 2.05) is 6.92 Å². The fourth-order valence-corrected chi connectivity index (χ4v) is 3.10. The minimum atomic E-state index is -0.226. The summed E-state index contributed by atoms with van der Waals surface area (Å²) in [7, 11) is 3.14. The van der Waals surface area contributed by atoms with Crippen LogP contribution in [0, 0.1) is 0 Å². The Morgan fingerprint density at radius 3 is 2.47 bits per heavy atom. The average molecular weight is 434 g/mol. The topological polar surface area (TPSA) is 113 Å². The number of carbonyl (C=O) groups is 1. The van der Waals surface area contributed by atoms with Crippen LogP contribution in [-0.2, 0) is 17.8 Å². The molecular formula is C22H22N6O4. The van der Waals surface area contributed by atoms with Crippen LogP contribution in [0.15, 0.2) is 49.2 Å². The number of hydrogen-bond donors (Lipinski definition) is 1. The Morgan fingerprint density at radius 1 is 1.03 bits per heavy atom. The highest BCUT2D eigenvalue weighted by molar-refractivity contribution is 5.91. The molecule has 0 radical (unpaired) electrons. The third kappa shape index (κ3) is 4.59. The van der Waals surface area contributed by atoms with Gasteiger partial charge in [0.1, 0.15) is 11.6 Å². The van der Waals surface area contributed by atoms with Gasteiger partial charge in [-0.15, -0.1) is 0 Å². The second kappa shape index (κ2) is 9.29. The molecular weight excluding hydrogens is 412 g/mol. The molecule has 0 spiro atoms. The first-order valence-corrected chi connectivity index (χ1v) is 9.91. The van der Waals surface area contributed by atoms with Gasteiger partial charge in [0, 0.05) is 30.4 Å². The molecule has 0 saturated carbocycles. The number of nitrogens with one attached hydrogen (secondary N) is 1. The number of amides is 1. The lowest BCUT2D eigenvalue weighted by molar-refractivity contribution is -0.115. The number of carbonyl (C=O) groups excluding carboxylic acids is 1. The molecule has 0 bridgehead atoms. The summed E-state index contributed by atoms with van der Waals surface area (Å²) < 4.78 is 18.4. The van der Waals surface area contributed by atoms with Crippen molar-refractivity contribution in [2.75, 3.05) is 19.5 Å². The van der Waals surface area contributed by atoms with Crippen molar-refractivity contribution >= 4 is 22.5 Å². The molecule has 4 rings (SSSR count). The zero-order valence-electron chi connectivity index (χ0n) is 17.9. The first-order chi connectivity index (χ1) is 15.6. The van der Waals surface area contributed by atoms with E-state index >= 15 is 0 Å². The zero-order chi connectivity index (χ0) is 22.5. The van der Waals surface area contributed by atoms with Crippen LogP contribution < -0.4 is 19.5 Å². The number of nitrogens with zero attached hydrogens (tertiary/aromatic N) is 5. The Morgan fingerprint density at radius 2 is 1.78 bits per heavy atom. The van der Waals surface area contributed by atoms with Gasteiger partial charge in [-0.1, -0.05) is 0 Å². The van der Waals surface area contributed by atoms with Gasteiger partial charge in [0.2, 0.25) is 5.91 Å². The summed E-state index contributed by atoms with van der Waals surface area (Å²) in [6.07, 6.45) is 8.09. The molecule has 10 heteroatoms. The van der Waals surface area contributed by atoms with Crippen LogP contribution in [0.4, 0.5) is 5.69 Å². The van der Waals surface area contributed by atoms with E-state index < -0.39 is 0 Å². The molecule has 0 atom stereocenters. The van der Waals surface area contributed by atoms with Gasteiger partial charge in [-0.05, 0) is 19.1 Å². The predicted molar refractivity (Wildman–Crippen MR) is 117 cm³/mol. The lowest BCUT2D eigenvalue weighted by Crippen LogP contribution is -2.15. The van der Waals surface area contributed by atoms with E-state index in [4.69, 9.17) is 14.2 Å². The molecule has 0 fully saturated rings. The number of anilines is 1. The third-order valence-corrected chi connectivity index (χ3v) is 4.68. The number of fused-ring (bicyclic) bond motifs is 1. The highest BCUT2D eigenvalue weighted by Gasteiger charge is 2.12. The molecule has 0 unspecified atom stereocenters. The molecule has 0 aliphatic heterocycles. The smallest absolute Gasteiger partial charge is 0.232 e. The van der Waals surface area contributed by atoms with Crippen molar-refractivity contribution in [1.29, 1.82) is 0 Å². The lowest BCUT2D eigenvalue weighted by Gasteiger charge is -2.12. The van der Waals surface area contributed by atoms with Gasteiger partial charge in [-0.3, -0.25) is 14.5 Å². The second-order valence-corrected chi connectivity index (χ2v) is 6.78. The maximum absolute atomic E-state index is 12.2. The minimum absolute atomic E-state index is 0.0345. The van der Waals surface area contributed by atoms with Crippen LogP contribution in [0.5, 0.6) is 23.0 Å². The van der Waals surface area contributed by atoms with Crippen LogP contribution in [0.2, 0.25) is 0 Å². The molecule has 1 aromatic carbocycles. The van der Waals surface area contributed by atoms with Crippen molar-refractivity contribution in [3.63, 3.8) is 0 Å². The van der Waals surface area contributed by atoms with E-state index in [9.17, 15) is 4.79 Å². The molecule has 1 N–H and O–H groups in total. The van der Waals surface area contributed by atoms with E-state index in [2.05, 4.69) is 25.4 Å². The van der Waals surface area contributed by atoms with Crippen molar-refractivity contribution in [2.45, 2.75) is 19.9 Å². The molecule has 0 aliphatic rings. The van der Waals surface area contributed by atoms with E-state index in [1.54, 1.807) is 55.7 Å². The molecule has 3 heterocycles. The zero-order valence-corrected chi connectivity index (χ0v) is 17.9. The van der Waals surface area contributed by atoms with E-state index in [-0.39, 0.29) is 12.3 Å². The Balaban J connectivity index is 1.46. The Bertz CT molecular complexity index is 1240. The molecule has 0 saturated heterocycles. The van der Waals surface area contributed by atoms with Crippen LogP contribution in [0.1, 0.15) is 12.7 Å². The first-order valence-electron chi connectivity index (χ1n) is 9.91. The van der Waals surface area contributed by atoms with Crippen molar-refractivity contribution in [3.8, 4) is 23.0 Å². The molecule has 3 aromatic heterocycles. The monoisotopic (exact) mass is 434 g/mol. The molecule has 0 aliphatic carbocycles. The third-order valence-electron chi connectivity index (χ3n) is 4.68. The minimum Gasteiger partial charge on any atom is -0.493 e. The van der Waals surface area contributed by atoms with Crippen molar-refractivity contribution in [3.05, 3.63) is 55.0 Å². The molecule has 32 heavy (non-hydrogen) atoms. The largest absolute Gasteiger partial charge is 0.493 e. The van der Waals surface area contributed by atoms with Gasteiger partial charge < -0.3 is 19.5 Å². The van der Waals surface area contributed by atoms with Crippen LogP contribution in [-0.4, -0.2) is 44.9 Å². The summed E-state index contributed by atoms with van der Waals surface area (Å²) in [6, 6.07) is 5.33. The number of hydrogen-bond acceptors (Lipinski definition) is 8. The van der Waals surface area contributed by atoms with E-state index in [1.165, 1.54) is 12.4 Å². The summed E-state index contributed by atoms with van der Waals surface area (Å²) in [6.45, 7) is 2.70. The van der Waals surface area contributed by atoms with Crippen molar-refractivity contribution < 1.29 is 19.0 Å². The summed E-state index contributed by atoms with van der Waals surface area (Å²) in [5.74, 6) is 2.30. The highest BCUT2D eigenvalue weighted by Crippen LogP contribution is 2.36. The number of aromatic nitrogens is 5. The summed E-state index contributed by atoms with van der Waals surface area (Å²) in [5, 5.41) is 7.65. The van der Waals surface area contributed by atoms with Gasteiger partial charge in [-0.25, -0.2) is 9.97 Å². The number of benzene rings is 1. The van der Waals surface area contributed by atoms with Gasteiger partial charge in [-0.2, -0.15) is 5.10 Å². The standard InChI is InChI=1S/C22H22N6O4/c1-4-28-13-14(10-26-28)27-22(29)9-21-24-11-15(12-25-21)32-18-5-6-23-17-8-20(31-3)19(30-2)7-16(17)18/h5-8,10-13H,4,9H2,1-3H3,(H,27,29). The van der Waals surface area contributed by atoms with Crippen LogP contribution in [0.3, 0.4) is 0 Å². The van der Waals surface area contributed by atoms with Crippen LogP contribution in [0.25, 0.3) is 10.9 Å². The maximum Gasteiger partial charge on any atom is 0.232 e. The predicted octanol–water partition coefficient (Wildman–Crippen LogP) is 3.23. The Hall–Kier alpha value is -4.21. The lowest BCUT2D eigenvalue weighted by atomic mass is 10.2. The average Bonchev–Trinajstić information content (AvgIpc) is 3.27. The fraction of sp³-hybridized carbons (Fsp3) is 0.227. The highest BCUT2D eigenvalue weighted by atomic mass is 16.5. The van der Waals surface area contributed by atoms with Gasteiger partial charge in [0.05, 0.1) is 50.4 Å². The Kier molecular flexibility index (Phi) is 6.11. The van der Waals surface area contributed by atoms with Gasteiger partial charge in [0.15, 0.2) is 17.2 Å². The summed E-state index contributed by atoms with van der Waals surface area (Å²) in [5.41, 5.74) is 1.33. The van der Waals surface area contributed by atoms with E-state index in [0.717, 1.165) is 11.9 Å². The SMILES string of the molecule is CCn1cc(NC(=O)Cc2ncc(Oc3ccnc4cc(OC)c(OC)cc34)cn2)cn1. The van der Waals surface area contributed by atoms with Crippen molar-refractivity contribution in [1.82, 2.24) is 24.7 Å². The maximum atomic E-state index is 12.2. The summed E-state index contributed by atoms with van der Waals surface area (Å²) in [4.78, 5) is 25.1.